The van der Waals surface area contributed by atoms with E-state index < -0.39 is 24.0 Å². The number of aromatic nitrogens is 1. The van der Waals surface area contributed by atoms with Crippen molar-refractivity contribution in [2.24, 2.45) is 0 Å². The molecule has 0 bridgehead atoms. The summed E-state index contributed by atoms with van der Waals surface area (Å²) in [4.78, 5) is 30.5. The van der Waals surface area contributed by atoms with Gasteiger partial charge in [-0.3, -0.25) is 14.8 Å². The summed E-state index contributed by atoms with van der Waals surface area (Å²) in [5, 5.41) is 20.7. The minimum Gasteiger partial charge on any atom is -0.391 e. The molecule has 1 aliphatic rings. The molecule has 0 radical (unpaired) electrons. The van der Waals surface area contributed by atoms with Gasteiger partial charge in [0, 0.05) is 36.0 Å². The van der Waals surface area contributed by atoms with E-state index in [1.54, 1.807) is 30.5 Å². The van der Waals surface area contributed by atoms with E-state index in [9.17, 15) is 14.7 Å². The van der Waals surface area contributed by atoms with Crippen LogP contribution in [0.25, 0.3) is 0 Å². The fourth-order valence-corrected chi connectivity index (χ4v) is 2.99. The Morgan fingerprint density at radius 2 is 1.74 bits per heavy atom. The number of ether oxygens (including phenoxy) is 1. The van der Waals surface area contributed by atoms with Gasteiger partial charge in [-0.2, -0.15) is 0 Å². The maximum atomic E-state index is 12.3. The van der Waals surface area contributed by atoms with Crippen molar-refractivity contribution in [1.82, 2.24) is 15.8 Å². The molecule has 1 aliphatic heterocycles. The Morgan fingerprint density at radius 1 is 1.10 bits per heavy atom. The van der Waals surface area contributed by atoms with E-state index in [0.717, 1.165) is 24.5 Å². The number of aliphatic hydroxyl groups is 1. The van der Waals surface area contributed by atoms with Gasteiger partial charge in [0.05, 0.1) is 19.3 Å². The van der Waals surface area contributed by atoms with Crippen LogP contribution in [0, 0.1) is 11.8 Å². The van der Waals surface area contributed by atoms with Gasteiger partial charge in [-0.05, 0) is 43.3 Å². The monoisotopic (exact) mass is 424 g/mol. The number of hydroxylamine groups is 1. The normalized spacial score (nSPS) is 15.3. The van der Waals surface area contributed by atoms with Gasteiger partial charge in [0.2, 0.25) is 0 Å². The molecule has 2 atom stereocenters. The number of rotatable bonds is 5. The van der Waals surface area contributed by atoms with Gasteiger partial charge in [0.25, 0.3) is 11.8 Å². The molecule has 1 aromatic heterocycles. The van der Waals surface area contributed by atoms with Crippen molar-refractivity contribution >= 4 is 17.6 Å². The number of hydrogen-bond acceptors (Lipinski definition) is 7. The van der Waals surface area contributed by atoms with Gasteiger partial charge in [-0.25, -0.2) is 10.5 Å². The molecule has 31 heavy (non-hydrogen) atoms. The Hall–Kier alpha value is -3.45. The predicted molar refractivity (Wildman–Crippen MR) is 113 cm³/mol. The molecule has 1 aromatic carbocycles. The number of nitrogens with one attached hydrogen (secondary N) is 2. The number of pyridine rings is 1. The van der Waals surface area contributed by atoms with Gasteiger partial charge < -0.3 is 20.1 Å². The molecule has 0 aliphatic carbocycles. The number of amides is 2. The molecule has 2 aromatic rings. The van der Waals surface area contributed by atoms with Crippen molar-refractivity contribution in [2.75, 3.05) is 31.2 Å². The first-order valence-electron chi connectivity index (χ1n) is 9.81. The summed E-state index contributed by atoms with van der Waals surface area (Å²) in [7, 11) is 0. The third kappa shape index (κ3) is 6.02. The van der Waals surface area contributed by atoms with Crippen LogP contribution in [0.15, 0.2) is 42.6 Å². The molecule has 2 heterocycles. The predicted octanol–water partition coefficient (Wildman–Crippen LogP) is 0.303. The number of hydrogen-bond donors (Lipinski definition) is 4. The summed E-state index contributed by atoms with van der Waals surface area (Å²) in [6.45, 7) is 4.37. The highest BCUT2D eigenvalue weighted by Crippen LogP contribution is 2.13. The summed E-state index contributed by atoms with van der Waals surface area (Å²) in [6.07, 6.45) is 0.548. The molecule has 9 nitrogen and oxygen atoms in total. The van der Waals surface area contributed by atoms with E-state index in [0.29, 0.717) is 24.3 Å². The summed E-state index contributed by atoms with van der Waals surface area (Å²) in [6, 6.07) is 9.06. The Balaban J connectivity index is 1.62. The van der Waals surface area contributed by atoms with Crippen molar-refractivity contribution in [3.8, 4) is 11.8 Å². The average Bonchev–Trinajstić information content (AvgIpc) is 2.81. The van der Waals surface area contributed by atoms with Crippen LogP contribution in [0.2, 0.25) is 0 Å². The Bertz CT molecular complexity index is 958. The maximum Gasteiger partial charge on any atom is 0.268 e. The number of nitrogens with zero attached hydrogens (tertiary/aromatic N) is 2. The third-order valence-electron chi connectivity index (χ3n) is 4.74. The summed E-state index contributed by atoms with van der Waals surface area (Å²) >= 11 is 0. The van der Waals surface area contributed by atoms with Crippen LogP contribution in [0.4, 0.5) is 5.82 Å². The zero-order valence-corrected chi connectivity index (χ0v) is 17.0. The maximum absolute atomic E-state index is 12.3. The van der Waals surface area contributed by atoms with Gasteiger partial charge in [-0.1, -0.05) is 11.8 Å². The van der Waals surface area contributed by atoms with Crippen molar-refractivity contribution in [1.29, 1.82) is 0 Å². The lowest BCUT2D eigenvalue weighted by atomic mass is 10.1. The largest absolute Gasteiger partial charge is 0.391 e. The second kappa shape index (κ2) is 10.5. The van der Waals surface area contributed by atoms with E-state index in [2.05, 4.69) is 27.0 Å². The van der Waals surface area contributed by atoms with Crippen LogP contribution in [-0.2, 0) is 9.53 Å². The zero-order chi connectivity index (χ0) is 22.2. The number of morpholine rings is 1. The van der Waals surface area contributed by atoms with Crippen molar-refractivity contribution in [3.63, 3.8) is 0 Å². The average molecular weight is 424 g/mol. The van der Waals surface area contributed by atoms with Gasteiger partial charge in [0.1, 0.15) is 11.9 Å². The molecule has 1 saturated heterocycles. The SMILES string of the molecule is CC(O)C(NC(=O)c1ccc(C#Cc2ccc(N3CCOCC3)nc2)cc1)C(=O)NO. The lowest BCUT2D eigenvalue weighted by Crippen LogP contribution is -2.51. The molecule has 4 N–H and O–H groups in total. The molecular weight excluding hydrogens is 400 g/mol. The topological polar surface area (TPSA) is 124 Å². The molecule has 3 rings (SSSR count). The smallest absolute Gasteiger partial charge is 0.268 e. The van der Waals surface area contributed by atoms with Crippen LogP contribution < -0.4 is 15.7 Å². The van der Waals surface area contributed by atoms with Crippen molar-refractivity contribution in [3.05, 3.63) is 59.3 Å². The molecule has 1 fully saturated rings. The number of benzene rings is 1. The first kappa shape index (κ1) is 22.2. The van der Waals surface area contributed by atoms with Gasteiger partial charge in [0.15, 0.2) is 0 Å². The lowest BCUT2D eigenvalue weighted by Gasteiger charge is -2.27. The van der Waals surface area contributed by atoms with Gasteiger partial charge in [-0.15, -0.1) is 0 Å². The van der Waals surface area contributed by atoms with E-state index in [-0.39, 0.29) is 0 Å². The Kier molecular flexibility index (Phi) is 7.56. The van der Waals surface area contributed by atoms with Crippen molar-refractivity contribution in [2.45, 2.75) is 19.1 Å². The third-order valence-corrected chi connectivity index (χ3v) is 4.74. The number of carbonyl (C=O) groups is 2. The molecule has 162 valence electrons. The molecule has 9 heteroatoms. The quantitative estimate of drug-likeness (QED) is 0.309. The highest BCUT2D eigenvalue weighted by molar-refractivity contribution is 5.97. The molecule has 2 unspecified atom stereocenters. The van der Waals surface area contributed by atoms with Crippen LogP contribution >= 0.6 is 0 Å². The van der Waals surface area contributed by atoms with Gasteiger partial charge >= 0.3 is 0 Å². The molecular formula is C22H24N4O5. The summed E-state index contributed by atoms with van der Waals surface area (Å²) in [5.74, 6) is 5.50. The van der Waals surface area contributed by atoms with E-state index in [4.69, 9.17) is 9.94 Å². The lowest BCUT2D eigenvalue weighted by molar-refractivity contribution is -0.133. The highest BCUT2D eigenvalue weighted by Gasteiger charge is 2.25. The van der Waals surface area contributed by atoms with Crippen molar-refractivity contribution < 1.29 is 24.6 Å². The number of anilines is 1. The Morgan fingerprint density at radius 3 is 2.32 bits per heavy atom. The standard InChI is InChI=1S/C22H24N4O5/c1-15(27)20(22(29)25-30)24-21(28)18-7-4-16(5-8-18)2-3-17-6-9-19(23-14-17)26-10-12-31-13-11-26/h4-9,14-15,20,27,30H,10-13H2,1H3,(H,24,28)(H,25,29). The van der Waals surface area contributed by atoms with Crippen LogP contribution in [-0.4, -0.2) is 65.6 Å². The van der Waals surface area contributed by atoms with Crippen LogP contribution in [0.1, 0.15) is 28.4 Å². The summed E-state index contributed by atoms with van der Waals surface area (Å²) < 4.78 is 5.34. The number of aliphatic hydroxyl groups excluding tert-OH is 1. The number of carbonyl (C=O) groups excluding carboxylic acids is 2. The minimum absolute atomic E-state index is 0.290. The first-order valence-corrected chi connectivity index (χ1v) is 9.81. The molecule has 2 amide bonds. The van der Waals surface area contributed by atoms with E-state index in [1.807, 2.05) is 12.1 Å². The van der Waals surface area contributed by atoms with E-state index in [1.165, 1.54) is 12.4 Å². The molecule has 0 saturated carbocycles. The Labute approximate surface area is 180 Å². The van der Waals surface area contributed by atoms with Crippen LogP contribution in [0.5, 0.6) is 0 Å². The summed E-state index contributed by atoms with van der Waals surface area (Å²) in [5.41, 5.74) is 3.19. The second-order valence-electron chi connectivity index (χ2n) is 7.00. The van der Waals surface area contributed by atoms with E-state index >= 15 is 0 Å². The van der Waals surface area contributed by atoms with Crippen LogP contribution in [0.3, 0.4) is 0 Å². The first-order chi connectivity index (χ1) is 15.0. The fraction of sp³-hybridized carbons (Fsp3) is 0.318. The fourth-order valence-electron chi connectivity index (χ4n) is 2.99. The highest BCUT2D eigenvalue weighted by atomic mass is 16.5. The zero-order valence-electron chi connectivity index (χ0n) is 17.0. The minimum atomic E-state index is -1.27. The second-order valence-corrected chi connectivity index (χ2v) is 7.00. The molecule has 0 spiro atoms.